The van der Waals surface area contributed by atoms with Gasteiger partial charge in [0.25, 0.3) is 0 Å². The van der Waals surface area contributed by atoms with E-state index >= 15 is 0 Å². The second-order valence-corrected chi connectivity index (χ2v) is 4.23. The van der Waals surface area contributed by atoms with Gasteiger partial charge in [-0.05, 0) is 12.8 Å². The second-order valence-electron chi connectivity index (χ2n) is 4.23. The van der Waals surface area contributed by atoms with E-state index in [1.165, 1.54) is 6.92 Å². The van der Waals surface area contributed by atoms with Crippen LogP contribution in [0.1, 0.15) is 19.8 Å². The first-order chi connectivity index (χ1) is 8.11. The molecule has 94 valence electrons. The standard InChI is InChI=1S/C12H19N3O2/c1-3-6-13-12(17)9-15-7-4-11(5-8-15)14-10(2)16/h1,11H,4-9H2,2H3,(H,13,17)(H,14,16). The first-order valence-corrected chi connectivity index (χ1v) is 5.81. The summed E-state index contributed by atoms with van der Waals surface area (Å²) in [6.45, 7) is 3.85. The van der Waals surface area contributed by atoms with Crippen LogP contribution in [0.5, 0.6) is 0 Å². The van der Waals surface area contributed by atoms with Crippen molar-refractivity contribution < 1.29 is 9.59 Å². The molecule has 1 saturated heterocycles. The zero-order valence-electron chi connectivity index (χ0n) is 10.2. The molecule has 0 radical (unpaired) electrons. The van der Waals surface area contributed by atoms with Gasteiger partial charge in [0.05, 0.1) is 13.1 Å². The number of hydrogen-bond acceptors (Lipinski definition) is 3. The van der Waals surface area contributed by atoms with E-state index in [2.05, 4.69) is 21.5 Å². The molecule has 0 unspecified atom stereocenters. The normalized spacial score (nSPS) is 17.2. The van der Waals surface area contributed by atoms with Crippen LogP contribution in [0, 0.1) is 12.3 Å². The highest BCUT2D eigenvalue weighted by molar-refractivity contribution is 5.78. The molecule has 1 heterocycles. The molecule has 2 N–H and O–H groups in total. The Hall–Kier alpha value is -1.54. The maximum atomic E-state index is 11.4. The van der Waals surface area contributed by atoms with E-state index in [9.17, 15) is 9.59 Å². The average molecular weight is 237 g/mol. The van der Waals surface area contributed by atoms with Crippen LogP contribution in [0.25, 0.3) is 0 Å². The fourth-order valence-electron chi connectivity index (χ4n) is 1.93. The minimum Gasteiger partial charge on any atom is -0.354 e. The molecule has 1 aliphatic rings. The highest BCUT2D eigenvalue weighted by atomic mass is 16.2. The Labute approximate surface area is 102 Å². The van der Waals surface area contributed by atoms with Gasteiger partial charge in [-0.1, -0.05) is 5.92 Å². The van der Waals surface area contributed by atoms with Crippen molar-refractivity contribution in [2.45, 2.75) is 25.8 Å². The maximum Gasteiger partial charge on any atom is 0.234 e. The topological polar surface area (TPSA) is 61.4 Å². The third kappa shape index (κ3) is 5.36. The van der Waals surface area contributed by atoms with Crippen molar-refractivity contribution >= 4 is 11.8 Å². The molecule has 5 heteroatoms. The molecule has 0 bridgehead atoms. The molecule has 0 aromatic heterocycles. The number of rotatable bonds is 4. The van der Waals surface area contributed by atoms with Gasteiger partial charge in [0, 0.05) is 26.1 Å². The van der Waals surface area contributed by atoms with Crippen molar-refractivity contribution in [3.05, 3.63) is 0 Å². The zero-order valence-corrected chi connectivity index (χ0v) is 10.2. The number of carbonyl (C=O) groups excluding carboxylic acids is 2. The SMILES string of the molecule is C#CCNC(=O)CN1CCC(NC(C)=O)CC1. The van der Waals surface area contributed by atoms with Crippen molar-refractivity contribution in [1.29, 1.82) is 0 Å². The predicted molar refractivity (Wildman–Crippen MR) is 65.1 cm³/mol. The monoisotopic (exact) mass is 237 g/mol. The van der Waals surface area contributed by atoms with Crippen molar-refractivity contribution in [3.8, 4) is 12.3 Å². The van der Waals surface area contributed by atoms with Crippen LogP contribution in [0.3, 0.4) is 0 Å². The fourth-order valence-corrected chi connectivity index (χ4v) is 1.93. The molecule has 0 aromatic carbocycles. The van der Waals surface area contributed by atoms with E-state index in [4.69, 9.17) is 6.42 Å². The van der Waals surface area contributed by atoms with E-state index in [-0.39, 0.29) is 24.4 Å². The van der Waals surface area contributed by atoms with Gasteiger partial charge in [-0.15, -0.1) is 6.42 Å². The van der Waals surface area contributed by atoms with Gasteiger partial charge >= 0.3 is 0 Å². The Morgan fingerprint density at radius 1 is 1.41 bits per heavy atom. The second kappa shape index (κ2) is 6.92. The lowest BCUT2D eigenvalue weighted by atomic mass is 10.1. The van der Waals surface area contributed by atoms with Crippen LogP contribution in [-0.4, -0.2) is 48.9 Å². The highest BCUT2D eigenvalue weighted by Crippen LogP contribution is 2.09. The molecule has 2 amide bonds. The first kappa shape index (κ1) is 13.5. The Bertz CT molecular complexity index is 314. The molecule has 17 heavy (non-hydrogen) atoms. The zero-order chi connectivity index (χ0) is 12.7. The number of carbonyl (C=O) groups is 2. The van der Waals surface area contributed by atoms with Gasteiger partial charge in [-0.25, -0.2) is 0 Å². The summed E-state index contributed by atoms with van der Waals surface area (Å²) in [6.07, 6.45) is 6.84. The van der Waals surface area contributed by atoms with Gasteiger partial charge in [0.1, 0.15) is 0 Å². The molecular formula is C12H19N3O2. The molecule has 0 aromatic rings. The number of nitrogens with one attached hydrogen (secondary N) is 2. The number of nitrogens with zero attached hydrogens (tertiary/aromatic N) is 1. The summed E-state index contributed by atoms with van der Waals surface area (Å²) >= 11 is 0. The quantitative estimate of drug-likeness (QED) is 0.638. The first-order valence-electron chi connectivity index (χ1n) is 5.81. The van der Waals surface area contributed by atoms with Crippen molar-refractivity contribution in [2.24, 2.45) is 0 Å². The summed E-state index contributed by atoms with van der Waals surface area (Å²) in [5.41, 5.74) is 0. The number of terminal acetylenes is 1. The molecule has 1 aliphatic heterocycles. The summed E-state index contributed by atoms with van der Waals surface area (Å²) < 4.78 is 0. The smallest absolute Gasteiger partial charge is 0.234 e. The molecule has 1 fully saturated rings. The third-order valence-electron chi connectivity index (χ3n) is 2.75. The minimum absolute atomic E-state index is 0.00946. The Morgan fingerprint density at radius 2 is 2.06 bits per heavy atom. The largest absolute Gasteiger partial charge is 0.354 e. The van der Waals surface area contributed by atoms with Crippen molar-refractivity contribution in [2.75, 3.05) is 26.2 Å². The molecule has 5 nitrogen and oxygen atoms in total. The highest BCUT2D eigenvalue weighted by Gasteiger charge is 2.20. The van der Waals surface area contributed by atoms with Crippen LogP contribution in [-0.2, 0) is 9.59 Å². The molecule has 0 spiro atoms. The molecule has 1 rings (SSSR count). The lowest BCUT2D eigenvalue weighted by molar-refractivity contribution is -0.123. The Morgan fingerprint density at radius 3 is 2.59 bits per heavy atom. The Kier molecular flexibility index (Phi) is 5.50. The van der Waals surface area contributed by atoms with Crippen LogP contribution in [0.15, 0.2) is 0 Å². The number of piperidine rings is 1. The molecule has 0 atom stereocenters. The predicted octanol–water partition coefficient (Wildman–Crippen LogP) is -0.664. The van der Waals surface area contributed by atoms with Gasteiger partial charge in [-0.3, -0.25) is 14.5 Å². The molecule has 0 saturated carbocycles. The molecule has 0 aliphatic carbocycles. The Balaban J connectivity index is 2.21. The van der Waals surface area contributed by atoms with Gasteiger partial charge < -0.3 is 10.6 Å². The average Bonchev–Trinajstić information content (AvgIpc) is 2.28. The van der Waals surface area contributed by atoms with Gasteiger partial charge in [0.2, 0.25) is 11.8 Å². The minimum atomic E-state index is -0.0408. The van der Waals surface area contributed by atoms with Gasteiger partial charge in [0.15, 0.2) is 0 Å². The summed E-state index contributed by atoms with van der Waals surface area (Å²) in [4.78, 5) is 24.4. The van der Waals surface area contributed by atoms with Crippen LogP contribution < -0.4 is 10.6 Å². The third-order valence-corrected chi connectivity index (χ3v) is 2.75. The summed E-state index contributed by atoms with van der Waals surface area (Å²) in [5.74, 6) is 2.34. The summed E-state index contributed by atoms with van der Waals surface area (Å²) in [6, 6.07) is 0.248. The van der Waals surface area contributed by atoms with Crippen LogP contribution >= 0.6 is 0 Å². The van der Waals surface area contributed by atoms with E-state index < -0.39 is 0 Å². The molecular weight excluding hydrogens is 218 g/mol. The van der Waals surface area contributed by atoms with E-state index in [1.54, 1.807) is 0 Å². The number of amides is 2. The van der Waals surface area contributed by atoms with E-state index in [0.29, 0.717) is 6.54 Å². The van der Waals surface area contributed by atoms with Crippen molar-refractivity contribution in [3.63, 3.8) is 0 Å². The number of hydrogen-bond donors (Lipinski definition) is 2. The summed E-state index contributed by atoms with van der Waals surface area (Å²) in [7, 11) is 0. The lowest BCUT2D eigenvalue weighted by Gasteiger charge is -2.31. The summed E-state index contributed by atoms with van der Waals surface area (Å²) in [5, 5.41) is 5.53. The van der Waals surface area contributed by atoms with E-state index in [1.807, 2.05) is 0 Å². The van der Waals surface area contributed by atoms with Gasteiger partial charge in [-0.2, -0.15) is 0 Å². The number of likely N-dealkylation sites (tertiary alicyclic amines) is 1. The van der Waals surface area contributed by atoms with E-state index in [0.717, 1.165) is 25.9 Å². The van der Waals surface area contributed by atoms with Crippen molar-refractivity contribution in [1.82, 2.24) is 15.5 Å². The lowest BCUT2D eigenvalue weighted by Crippen LogP contribution is -2.47. The fraction of sp³-hybridized carbons (Fsp3) is 0.667. The maximum absolute atomic E-state index is 11.4. The van der Waals surface area contributed by atoms with Crippen LogP contribution in [0.4, 0.5) is 0 Å². The van der Waals surface area contributed by atoms with Crippen LogP contribution in [0.2, 0.25) is 0 Å².